The minimum Gasteiger partial charge on any atom is -0.387 e. The molecule has 0 unspecified atom stereocenters. The topological polar surface area (TPSA) is 82.5 Å². The van der Waals surface area contributed by atoms with E-state index in [9.17, 15) is 0 Å². The molecule has 0 bridgehead atoms. The van der Waals surface area contributed by atoms with Gasteiger partial charge >= 0.3 is 0 Å². The maximum absolute atomic E-state index is 6.09. The lowest BCUT2D eigenvalue weighted by atomic mass is 10.2. The fraction of sp³-hybridized carbons (Fsp3) is 0.0952. The molecule has 0 aliphatic rings. The molecule has 3 heterocycles. The van der Waals surface area contributed by atoms with Gasteiger partial charge in [-0.05, 0) is 25.1 Å². The first-order chi connectivity index (χ1) is 14.7. The largest absolute Gasteiger partial charge is 0.387 e. The summed E-state index contributed by atoms with van der Waals surface area (Å²) in [7, 11) is 0. The van der Waals surface area contributed by atoms with Gasteiger partial charge in [-0.3, -0.25) is 0 Å². The quantitative estimate of drug-likeness (QED) is 0.319. The van der Waals surface area contributed by atoms with Crippen molar-refractivity contribution in [3.8, 4) is 5.69 Å². The molecular weight excluding hydrogens is 402 g/mol. The molecule has 2 aromatic carbocycles. The molecule has 5 aromatic rings. The highest BCUT2D eigenvalue weighted by molar-refractivity contribution is 6.33. The predicted octanol–water partition coefficient (Wildman–Crippen LogP) is 3.98. The first-order valence-corrected chi connectivity index (χ1v) is 9.62. The SMILES string of the molecule is Cc1ccc(-n2ncc3c2ncn2nc(CO/N=C/c4ccccc4Cl)nc32)cc1. The Bertz CT molecular complexity index is 1370. The first kappa shape index (κ1) is 18.3. The van der Waals surface area contributed by atoms with Gasteiger partial charge in [0.25, 0.3) is 0 Å². The molecule has 0 saturated carbocycles. The zero-order chi connectivity index (χ0) is 20.5. The smallest absolute Gasteiger partial charge is 0.192 e. The van der Waals surface area contributed by atoms with Crippen LogP contribution in [0.2, 0.25) is 5.02 Å². The molecular formula is C21H16ClN7O. The molecule has 0 aliphatic heterocycles. The Morgan fingerprint density at radius 2 is 1.93 bits per heavy atom. The van der Waals surface area contributed by atoms with Crippen LogP contribution in [0.3, 0.4) is 0 Å². The van der Waals surface area contributed by atoms with E-state index in [1.54, 1.807) is 34.0 Å². The minimum absolute atomic E-state index is 0.121. The van der Waals surface area contributed by atoms with Crippen LogP contribution < -0.4 is 0 Å². The zero-order valence-electron chi connectivity index (χ0n) is 16.0. The van der Waals surface area contributed by atoms with Crippen molar-refractivity contribution < 1.29 is 4.84 Å². The molecule has 0 saturated heterocycles. The van der Waals surface area contributed by atoms with Gasteiger partial charge in [0.1, 0.15) is 6.33 Å². The highest BCUT2D eigenvalue weighted by atomic mass is 35.5. The van der Waals surface area contributed by atoms with Gasteiger partial charge < -0.3 is 4.84 Å². The van der Waals surface area contributed by atoms with Crippen molar-refractivity contribution in [2.24, 2.45) is 5.16 Å². The van der Waals surface area contributed by atoms with E-state index in [2.05, 4.69) is 25.3 Å². The number of hydrogen-bond acceptors (Lipinski definition) is 6. The van der Waals surface area contributed by atoms with E-state index in [1.165, 1.54) is 5.56 Å². The molecule has 0 spiro atoms. The number of halogens is 1. The van der Waals surface area contributed by atoms with Crippen LogP contribution in [0.1, 0.15) is 17.0 Å². The summed E-state index contributed by atoms with van der Waals surface area (Å²) in [5.74, 6) is 0.490. The van der Waals surface area contributed by atoms with Gasteiger partial charge in [-0.1, -0.05) is 52.7 Å². The van der Waals surface area contributed by atoms with E-state index in [0.717, 1.165) is 16.6 Å². The van der Waals surface area contributed by atoms with E-state index in [1.807, 2.05) is 49.4 Å². The van der Waals surface area contributed by atoms with Crippen molar-refractivity contribution in [1.29, 1.82) is 0 Å². The van der Waals surface area contributed by atoms with Gasteiger partial charge in [-0.2, -0.15) is 5.10 Å². The fourth-order valence-corrected chi connectivity index (χ4v) is 3.25. The molecule has 5 rings (SSSR count). The number of aromatic nitrogens is 6. The molecule has 148 valence electrons. The molecule has 0 fully saturated rings. The molecule has 30 heavy (non-hydrogen) atoms. The summed E-state index contributed by atoms with van der Waals surface area (Å²) in [5.41, 5.74) is 4.26. The summed E-state index contributed by atoms with van der Waals surface area (Å²) in [6, 6.07) is 15.5. The summed E-state index contributed by atoms with van der Waals surface area (Å²) in [5, 5.41) is 14.2. The predicted molar refractivity (Wildman–Crippen MR) is 114 cm³/mol. The van der Waals surface area contributed by atoms with E-state index in [4.69, 9.17) is 16.4 Å². The number of rotatable bonds is 5. The van der Waals surface area contributed by atoms with E-state index in [-0.39, 0.29) is 6.61 Å². The van der Waals surface area contributed by atoms with Crippen LogP contribution in [-0.4, -0.2) is 35.6 Å². The second kappa shape index (κ2) is 7.57. The summed E-state index contributed by atoms with van der Waals surface area (Å²) in [6.07, 6.45) is 4.92. The Hall–Kier alpha value is -3.78. The first-order valence-electron chi connectivity index (χ1n) is 9.24. The summed E-state index contributed by atoms with van der Waals surface area (Å²) in [4.78, 5) is 14.4. The lowest BCUT2D eigenvalue weighted by Gasteiger charge is -2.03. The number of aryl methyl sites for hydroxylation is 1. The third-order valence-electron chi connectivity index (χ3n) is 4.59. The maximum atomic E-state index is 6.09. The van der Waals surface area contributed by atoms with E-state index >= 15 is 0 Å². The van der Waals surface area contributed by atoms with Gasteiger partial charge in [0.15, 0.2) is 23.7 Å². The van der Waals surface area contributed by atoms with Crippen LogP contribution in [-0.2, 0) is 11.4 Å². The van der Waals surface area contributed by atoms with E-state index in [0.29, 0.717) is 22.1 Å². The highest BCUT2D eigenvalue weighted by Gasteiger charge is 2.13. The third-order valence-corrected chi connectivity index (χ3v) is 4.94. The average molecular weight is 418 g/mol. The Morgan fingerprint density at radius 1 is 1.10 bits per heavy atom. The number of nitrogens with zero attached hydrogens (tertiary/aromatic N) is 7. The van der Waals surface area contributed by atoms with Gasteiger partial charge in [0.05, 0.1) is 23.5 Å². The Morgan fingerprint density at radius 3 is 2.77 bits per heavy atom. The Kier molecular flexibility index (Phi) is 4.61. The fourth-order valence-electron chi connectivity index (χ4n) is 3.07. The summed E-state index contributed by atoms with van der Waals surface area (Å²) in [6.45, 7) is 2.17. The lowest BCUT2D eigenvalue weighted by Crippen LogP contribution is -1.99. The molecule has 0 atom stereocenters. The molecule has 0 N–H and O–H groups in total. The van der Waals surface area contributed by atoms with Crippen LogP contribution in [0, 0.1) is 6.92 Å². The van der Waals surface area contributed by atoms with Crippen LogP contribution in [0.4, 0.5) is 0 Å². The average Bonchev–Trinajstić information content (AvgIpc) is 3.36. The maximum Gasteiger partial charge on any atom is 0.192 e. The van der Waals surface area contributed by atoms with E-state index < -0.39 is 0 Å². The number of hydrogen-bond donors (Lipinski definition) is 0. The van der Waals surface area contributed by atoms with Crippen LogP contribution in [0.25, 0.3) is 22.4 Å². The molecule has 0 amide bonds. The van der Waals surface area contributed by atoms with Crippen molar-refractivity contribution in [3.05, 3.63) is 83.0 Å². The van der Waals surface area contributed by atoms with Crippen LogP contribution >= 0.6 is 11.6 Å². The highest BCUT2D eigenvalue weighted by Crippen LogP contribution is 2.20. The molecule has 0 radical (unpaired) electrons. The molecule has 8 nitrogen and oxygen atoms in total. The standard InChI is InChI=1S/C21H16ClN7O/c1-14-6-8-16(9-7-14)29-20-17(11-24-29)21-26-19(27-28(21)13-23-20)12-30-25-10-15-4-2-3-5-18(15)22/h2-11,13H,12H2,1H3/b25-10+. The lowest BCUT2D eigenvalue weighted by molar-refractivity contribution is 0.126. The molecule has 0 aliphatic carbocycles. The second-order valence-electron chi connectivity index (χ2n) is 6.70. The van der Waals surface area contributed by atoms with Crippen molar-refractivity contribution in [2.75, 3.05) is 0 Å². The van der Waals surface area contributed by atoms with Gasteiger partial charge in [0.2, 0.25) is 0 Å². The molecule has 9 heteroatoms. The summed E-state index contributed by atoms with van der Waals surface area (Å²) >= 11 is 6.09. The van der Waals surface area contributed by atoms with Gasteiger partial charge in [-0.15, -0.1) is 5.10 Å². The number of benzene rings is 2. The summed E-state index contributed by atoms with van der Waals surface area (Å²) < 4.78 is 3.40. The van der Waals surface area contributed by atoms with Crippen LogP contribution in [0.5, 0.6) is 0 Å². The zero-order valence-corrected chi connectivity index (χ0v) is 16.7. The second-order valence-corrected chi connectivity index (χ2v) is 7.11. The van der Waals surface area contributed by atoms with Crippen molar-refractivity contribution >= 4 is 34.5 Å². The van der Waals surface area contributed by atoms with Crippen molar-refractivity contribution in [1.82, 2.24) is 29.4 Å². The Balaban J connectivity index is 1.40. The van der Waals surface area contributed by atoms with Crippen molar-refractivity contribution in [2.45, 2.75) is 13.5 Å². The number of fused-ring (bicyclic) bond motifs is 3. The third kappa shape index (κ3) is 3.37. The van der Waals surface area contributed by atoms with Gasteiger partial charge in [-0.25, -0.2) is 19.2 Å². The van der Waals surface area contributed by atoms with Crippen molar-refractivity contribution in [3.63, 3.8) is 0 Å². The molecule has 3 aromatic heterocycles. The van der Waals surface area contributed by atoms with Crippen LogP contribution in [0.15, 0.2) is 66.2 Å². The minimum atomic E-state index is 0.121. The number of oxime groups is 1. The Labute approximate surface area is 176 Å². The van der Waals surface area contributed by atoms with Gasteiger partial charge in [0, 0.05) is 10.6 Å². The normalized spacial score (nSPS) is 11.7. The monoisotopic (exact) mass is 417 g/mol.